The molecule has 0 bridgehead atoms. The van der Waals surface area contributed by atoms with Crippen LogP contribution in [0.4, 0.5) is 0 Å². The van der Waals surface area contributed by atoms with E-state index >= 15 is 0 Å². The standard InChI is InChI=1S/C15H13BrN6O3/c1-8-12-17-18-13(15(24)25)21(12)5-4-20(8)14(23)11-6-10-3-2-9(16)7-22(10)19-11/h2-3,6-8H,4-5H2,1H3,(H,24,25). The van der Waals surface area contributed by atoms with Crippen LogP contribution >= 0.6 is 15.9 Å². The number of rotatable bonds is 2. The molecule has 0 saturated heterocycles. The van der Waals surface area contributed by atoms with Gasteiger partial charge in [-0.05, 0) is 41.1 Å². The molecule has 25 heavy (non-hydrogen) atoms. The summed E-state index contributed by atoms with van der Waals surface area (Å²) >= 11 is 3.37. The Balaban J connectivity index is 1.66. The Labute approximate surface area is 150 Å². The normalized spacial score (nSPS) is 16.9. The highest BCUT2D eigenvalue weighted by atomic mass is 79.9. The molecule has 9 nitrogen and oxygen atoms in total. The van der Waals surface area contributed by atoms with Crippen molar-refractivity contribution in [2.75, 3.05) is 6.54 Å². The first kappa shape index (κ1) is 15.8. The van der Waals surface area contributed by atoms with Crippen molar-refractivity contribution in [1.82, 2.24) is 29.3 Å². The molecule has 1 aliphatic rings. The van der Waals surface area contributed by atoms with Gasteiger partial charge in [0, 0.05) is 23.8 Å². The molecule has 1 unspecified atom stereocenters. The van der Waals surface area contributed by atoms with Crippen molar-refractivity contribution in [3.8, 4) is 0 Å². The van der Waals surface area contributed by atoms with E-state index in [1.54, 1.807) is 28.6 Å². The maximum absolute atomic E-state index is 12.9. The Hall–Kier alpha value is -2.75. The van der Waals surface area contributed by atoms with Gasteiger partial charge in [0.05, 0.1) is 11.6 Å². The van der Waals surface area contributed by atoms with Crippen molar-refractivity contribution in [1.29, 1.82) is 0 Å². The van der Waals surface area contributed by atoms with Crippen molar-refractivity contribution in [2.24, 2.45) is 0 Å². The fourth-order valence-electron chi connectivity index (χ4n) is 3.03. The summed E-state index contributed by atoms with van der Waals surface area (Å²) in [6.07, 6.45) is 1.78. The Bertz CT molecular complexity index is 1010. The van der Waals surface area contributed by atoms with Gasteiger partial charge in [-0.1, -0.05) is 0 Å². The smallest absolute Gasteiger partial charge is 0.374 e. The molecule has 128 valence electrons. The first-order valence-electron chi connectivity index (χ1n) is 7.58. The molecule has 0 spiro atoms. The van der Waals surface area contributed by atoms with Crippen molar-refractivity contribution in [3.05, 3.63) is 46.2 Å². The molecule has 10 heteroatoms. The quantitative estimate of drug-likeness (QED) is 0.695. The molecule has 3 aromatic rings. The molecule has 0 radical (unpaired) electrons. The number of hydrogen-bond acceptors (Lipinski definition) is 5. The minimum atomic E-state index is -1.13. The number of carbonyl (C=O) groups excluding carboxylic acids is 1. The van der Waals surface area contributed by atoms with Crippen molar-refractivity contribution in [2.45, 2.75) is 19.5 Å². The van der Waals surface area contributed by atoms with Crippen LogP contribution in [0, 0.1) is 0 Å². The topological polar surface area (TPSA) is 106 Å². The van der Waals surface area contributed by atoms with Crippen LogP contribution < -0.4 is 0 Å². The molecule has 1 atom stereocenters. The lowest BCUT2D eigenvalue weighted by molar-refractivity contribution is 0.0619. The summed E-state index contributed by atoms with van der Waals surface area (Å²) in [5, 5.41) is 21.1. The summed E-state index contributed by atoms with van der Waals surface area (Å²) in [7, 11) is 0. The Morgan fingerprint density at radius 2 is 2.08 bits per heavy atom. The Kier molecular flexibility index (Phi) is 3.57. The second-order valence-corrected chi connectivity index (χ2v) is 6.68. The number of carboxylic acids is 1. The van der Waals surface area contributed by atoms with Crippen molar-refractivity contribution >= 4 is 33.3 Å². The predicted molar refractivity (Wildman–Crippen MR) is 89.3 cm³/mol. The lowest BCUT2D eigenvalue weighted by atomic mass is 10.2. The highest BCUT2D eigenvalue weighted by Crippen LogP contribution is 2.26. The fraction of sp³-hybridized carbons (Fsp3) is 0.267. The van der Waals surface area contributed by atoms with Crippen LogP contribution in [-0.4, -0.2) is 52.8 Å². The number of amides is 1. The minimum absolute atomic E-state index is 0.105. The molecule has 0 aromatic carbocycles. The van der Waals surface area contributed by atoms with Crippen LogP contribution in [0.2, 0.25) is 0 Å². The van der Waals surface area contributed by atoms with Crippen LogP contribution in [-0.2, 0) is 6.54 Å². The zero-order valence-electron chi connectivity index (χ0n) is 13.1. The zero-order chi connectivity index (χ0) is 17.7. The van der Waals surface area contributed by atoms with Crippen LogP contribution in [0.3, 0.4) is 0 Å². The lowest BCUT2D eigenvalue weighted by Crippen LogP contribution is -2.42. The summed E-state index contributed by atoms with van der Waals surface area (Å²) in [4.78, 5) is 25.7. The molecule has 4 rings (SSSR count). The number of pyridine rings is 1. The SMILES string of the molecule is CC1c2nnc(C(=O)O)n2CCN1C(=O)c1cc2ccc(Br)cn2n1. The van der Waals surface area contributed by atoms with E-state index in [0.717, 1.165) is 9.99 Å². The van der Waals surface area contributed by atoms with Crippen LogP contribution in [0.5, 0.6) is 0 Å². The molecule has 1 amide bonds. The first-order chi connectivity index (χ1) is 12.0. The third-order valence-electron chi connectivity index (χ3n) is 4.28. The number of carboxylic acid groups (broad SMARTS) is 1. The molecular formula is C15H13BrN6O3. The number of halogens is 1. The summed E-state index contributed by atoms with van der Waals surface area (Å²) in [6.45, 7) is 2.50. The van der Waals surface area contributed by atoms with Crippen LogP contribution in [0.15, 0.2) is 28.9 Å². The van der Waals surface area contributed by atoms with Crippen LogP contribution in [0.1, 0.15) is 39.9 Å². The predicted octanol–water partition coefficient (Wildman–Crippen LogP) is 1.60. The molecule has 1 N–H and O–H groups in total. The van der Waals surface area contributed by atoms with Gasteiger partial charge < -0.3 is 14.6 Å². The number of hydrogen-bond donors (Lipinski definition) is 1. The fourth-order valence-corrected chi connectivity index (χ4v) is 3.36. The monoisotopic (exact) mass is 404 g/mol. The number of fused-ring (bicyclic) bond motifs is 2. The van der Waals surface area contributed by atoms with Gasteiger partial charge in [-0.2, -0.15) is 5.10 Å². The number of carbonyl (C=O) groups is 2. The van der Waals surface area contributed by atoms with Crippen molar-refractivity contribution < 1.29 is 14.7 Å². The van der Waals surface area contributed by atoms with Gasteiger partial charge in [0.2, 0.25) is 5.82 Å². The highest BCUT2D eigenvalue weighted by Gasteiger charge is 2.34. The lowest BCUT2D eigenvalue weighted by Gasteiger charge is -2.32. The molecular weight excluding hydrogens is 392 g/mol. The van der Waals surface area contributed by atoms with Gasteiger partial charge in [-0.3, -0.25) is 4.79 Å². The molecule has 0 fully saturated rings. The summed E-state index contributed by atoms with van der Waals surface area (Å²) in [6, 6.07) is 5.08. The molecule has 0 aliphatic carbocycles. The largest absolute Gasteiger partial charge is 0.475 e. The second-order valence-electron chi connectivity index (χ2n) is 5.76. The maximum atomic E-state index is 12.9. The third kappa shape index (κ3) is 2.49. The zero-order valence-corrected chi connectivity index (χ0v) is 14.7. The number of nitrogens with zero attached hydrogens (tertiary/aromatic N) is 6. The average molecular weight is 405 g/mol. The van der Waals surface area contributed by atoms with Crippen molar-refractivity contribution in [3.63, 3.8) is 0 Å². The van der Waals surface area contributed by atoms with E-state index < -0.39 is 12.0 Å². The van der Waals surface area contributed by atoms with E-state index in [-0.39, 0.29) is 11.7 Å². The summed E-state index contributed by atoms with van der Waals surface area (Å²) in [5.74, 6) is -0.995. The van der Waals surface area contributed by atoms with Crippen LogP contribution in [0.25, 0.3) is 5.52 Å². The van der Waals surface area contributed by atoms with E-state index in [2.05, 4.69) is 31.2 Å². The molecule has 1 aliphatic heterocycles. The molecule has 4 heterocycles. The summed E-state index contributed by atoms with van der Waals surface area (Å²) in [5.41, 5.74) is 1.14. The van der Waals surface area contributed by atoms with Gasteiger partial charge in [-0.25, -0.2) is 9.31 Å². The second kappa shape index (κ2) is 5.66. The van der Waals surface area contributed by atoms with E-state index in [1.165, 1.54) is 4.57 Å². The Morgan fingerprint density at radius 3 is 2.84 bits per heavy atom. The van der Waals surface area contributed by atoms with Gasteiger partial charge >= 0.3 is 5.97 Å². The Morgan fingerprint density at radius 1 is 1.28 bits per heavy atom. The number of aromatic carboxylic acids is 1. The van der Waals surface area contributed by atoms with E-state index in [4.69, 9.17) is 5.11 Å². The number of aromatic nitrogens is 5. The average Bonchev–Trinajstić information content (AvgIpc) is 3.18. The van der Waals surface area contributed by atoms with Gasteiger partial charge in [0.25, 0.3) is 5.91 Å². The van der Waals surface area contributed by atoms with Gasteiger partial charge in [0.1, 0.15) is 0 Å². The van der Waals surface area contributed by atoms with Gasteiger partial charge in [-0.15, -0.1) is 10.2 Å². The van der Waals surface area contributed by atoms with E-state index in [9.17, 15) is 9.59 Å². The first-order valence-corrected chi connectivity index (χ1v) is 8.37. The van der Waals surface area contributed by atoms with E-state index in [1.807, 2.05) is 12.1 Å². The molecule has 3 aromatic heterocycles. The third-order valence-corrected chi connectivity index (χ3v) is 4.75. The highest BCUT2D eigenvalue weighted by molar-refractivity contribution is 9.10. The minimum Gasteiger partial charge on any atom is -0.475 e. The molecule has 0 saturated carbocycles. The van der Waals surface area contributed by atoms with E-state index in [0.29, 0.717) is 24.6 Å². The summed E-state index contributed by atoms with van der Waals surface area (Å²) < 4.78 is 4.04. The van der Waals surface area contributed by atoms with Gasteiger partial charge in [0.15, 0.2) is 11.5 Å². The maximum Gasteiger partial charge on any atom is 0.374 e.